The third-order valence-corrected chi connectivity index (χ3v) is 11.7. The standard InChI is InChI=1S/C54H45N4O4.Zn/c1-29-25-31(3)47(32(4)26-29)51-43-21-17-39(55-43)49(35-9-13-37(14-10-35)53(59)61-7)41-19-23-45(57-41)52(48-33(5)27-30(2)28-34(48)6)46-24-20-42(58-46)50(40-18-22-44(51)56-40)36-11-15-38(16-12-36)54(60)62-8;/h9-28H,1-8H3,(H-,55,56,57,58,59,60);/q-1;+2/p-1. The van der Waals surface area contributed by atoms with Gasteiger partial charge in [0.2, 0.25) is 0 Å². The van der Waals surface area contributed by atoms with Crippen molar-refractivity contribution in [2.24, 2.45) is 0 Å². The summed E-state index contributed by atoms with van der Waals surface area (Å²) < 4.78 is 10.1. The van der Waals surface area contributed by atoms with Crippen molar-refractivity contribution in [3.63, 3.8) is 0 Å². The number of esters is 2. The van der Waals surface area contributed by atoms with Crippen molar-refractivity contribution < 1.29 is 38.5 Å². The first-order valence-electron chi connectivity index (χ1n) is 20.5. The molecular weight excluding hydrogens is 834 g/mol. The van der Waals surface area contributed by atoms with Crippen molar-refractivity contribution in [1.29, 1.82) is 0 Å². The summed E-state index contributed by atoms with van der Waals surface area (Å²) in [5.41, 5.74) is 20.9. The zero-order valence-electron chi connectivity index (χ0n) is 36.7. The molecule has 306 valence electrons. The van der Waals surface area contributed by atoms with Crippen LogP contribution in [-0.2, 0) is 29.0 Å². The van der Waals surface area contributed by atoms with Gasteiger partial charge in [-0.2, -0.15) is 0 Å². The molecule has 3 aromatic heterocycles. The molecule has 9 rings (SSSR count). The second-order valence-electron chi connectivity index (χ2n) is 16.0. The molecule has 5 heterocycles. The number of hydrogen-bond acceptors (Lipinski definition) is 6. The number of aryl methyl sites for hydroxylation is 6. The van der Waals surface area contributed by atoms with Gasteiger partial charge < -0.3 is 19.4 Å². The second-order valence-corrected chi connectivity index (χ2v) is 16.0. The molecule has 2 aliphatic heterocycles. The van der Waals surface area contributed by atoms with Gasteiger partial charge >= 0.3 is 31.4 Å². The molecule has 4 aromatic carbocycles. The Morgan fingerprint density at radius 3 is 1.00 bits per heavy atom. The van der Waals surface area contributed by atoms with Crippen LogP contribution in [0.25, 0.3) is 90.9 Å². The number of methoxy groups -OCH3 is 2. The van der Waals surface area contributed by atoms with Gasteiger partial charge in [-0.25, -0.2) is 19.6 Å². The van der Waals surface area contributed by atoms with Gasteiger partial charge in [-0.1, -0.05) is 83.9 Å². The van der Waals surface area contributed by atoms with Crippen molar-refractivity contribution in [2.45, 2.75) is 41.5 Å². The summed E-state index contributed by atoms with van der Waals surface area (Å²) in [5.74, 6) is -0.815. The molecule has 0 amide bonds. The maximum absolute atomic E-state index is 12.5. The maximum Gasteiger partial charge on any atom is 2.00 e. The van der Waals surface area contributed by atoms with Gasteiger partial charge in [-0.3, -0.25) is 0 Å². The minimum Gasteiger partial charge on any atom is -0.657 e. The van der Waals surface area contributed by atoms with Crippen molar-refractivity contribution in [2.75, 3.05) is 14.2 Å². The number of ether oxygens (including phenoxy) is 2. The van der Waals surface area contributed by atoms with E-state index in [0.717, 1.165) is 112 Å². The molecule has 0 atom stereocenters. The van der Waals surface area contributed by atoms with Crippen LogP contribution in [-0.4, -0.2) is 36.1 Å². The largest absolute Gasteiger partial charge is 2.00 e. The van der Waals surface area contributed by atoms with E-state index in [-0.39, 0.29) is 19.5 Å². The van der Waals surface area contributed by atoms with E-state index in [1.54, 1.807) is 24.3 Å². The number of benzene rings is 4. The Balaban J connectivity index is 0.00000544. The number of aromatic nitrogens is 4. The summed E-state index contributed by atoms with van der Waals surface area (Å²) in [4.78, 5) is 46.7. The molecule has 2 aliphatic rings. The maximum atomic E-state index is 12.5. The van der Waals surface area contributed by atoms with Crippen molar-refractivity contribution >= 4 is 58.3 Å². The Kier molecular flexibility index (Phi) is 11.6. The van der Waals surface area contributed by atoms with Gasteiger partial charge in [0.25, 0.3) is 0 Å². The zero-order valence-corrected chi connectivity index (χ0v) is 39.6. The number of carbonyl (C=O) groups is 2. The Bertz CT molecular complexity index is 2980. The molecule has 63 heavy (non-hydrogen) atoms. The van der Waals surface area contributed by atoms with Gasteiger partial charge in [0.15, 0.2) is 0 Å². The first kappa shape index (κ1) is 42.7. The molecule has 0 saturated heterocycles. The fraction of sp³-hybridized carbons (Fsp3) is 0.148. The van der Waals surface area contributed by atoms with Crippen molar-refractivity contribution in [1.82, 2.24) is 19.9 Å². The van der Waals surface area contributed by atoms with E-state index in [1.165, 1.54) is 25.3 Å². The molecule has 9 heteroatoms. The van der Waals surface area contributed by atoms with Crippen LogP contribution in [0.4, 0.5) is 0 Å². The number of hydrogen-bond donors (Lipinski definition) is 0. The van der Waals surface area contributed by atoms with Gasteiger partial charge in [-0.15, -0.1) is 22.1 Å². The fourth-order valence-electron chi connectivity index (χ4n) is 9.12. The third kappa shape index (κ3) is 7.79. The second kappa shape index (κ2) is 17.1. The molecule has 0 fully saturated rings. The molecule has 0 spiro atoms. The van der Waals surface area contributed by atoms with Gasteiger partial charge in [0, 0.05) is 0 Å². The van der Waals surface area contributed by atoms with E-state index < -0.39 is 11.9 Å². The van der Waals surface area contributed by atoms with Gasteiger partial charge in [0.05, 0.1) is 48.1 Å². The van der Waals surface area contributed by atoms with Crippen LogP contribution in [0.1, 0.15) is 76.9 Å². The summed E-state index contributed by atoms with van der Waals surface area (Å²) in [6.07, 6.45) is 8.19. The minimum absolute atomic E-state index is 0. The van der Waals surface area contributed by atoms with E-state index in [4.69, 9.17) is 29.4 Å². The van der Waals surface area contributed by atoms with Crippen LogP contribution in [0.15, 0.2) is 97.1 Å². The average Bonchev–Trinajstić information content (AvgIpc) is 4.10. The summed E-state index contributed by atoms with van der Waals surface area (Å²) in [7, 11) is 2.76. The number of fused-ring (bicyclic) bond motifs is 8. The molecule has 8 bridgehead atoms. The molecule has 0 unspecified atom stereocenters. The molecular formula is C54H44N4O4Zn. The molecule has 0 N–H and O–H groups in total. The van der Waals surface area contributed by atoms with Gasteiger partial charge in [-0.05, 0) is 157 Å². The van der Waals surface area contributed by atoms with Crippen LogP contribution in [0.2, 0.25) is 0 Å². The topological polar surface area (TPSA) is 107 Å². The van der Waals surface area contributed by atoms with Crippen molar-refractivity contribution in [3.05, 3.63) is 164 Å². The average molecular weight is 878 g/mol. The Morgan fingerprint density at radius 2 is 0.698 bits per heavy atom. The Morgan fingerprint density at radius 1 is 0.413 bits per heavy atom. The minimum atomic E-state index is -0.408. The molecule has 7 aromatic rings. The number of nitrogens with zero attached hydrogens (tertiary/aromatic N) is 4. The van der Waals surface area contributed by atoms with Crippen LogP contribution < -0.4 is 9.97 Å². The summed E-state index contributed by atoms with van der Waals surface area (Å²) in [6.45, 7) is 12.7. The first-order chi connectivity index (χ1) is 29.9. The van der Waals surface area contributed by atoms with Gasteiger partial charge in [0.1, 0.15) is 0 Å². The Hall–Kier alpha value is -6.96. The predicted octanol–water partition coefficient (Wildman–Crippen LogP) is 12.0. The van der Waals surface area contributed by atoms with Crippen LogP contribution in [0.5, 0.6) is 0 Å². The number of carbonyl (C=O) groups excluding carboxylic acids is 2. The zero-order chi connectivity index (χ0) is 43.4. The molecule has 0 aliphatic carbocycles. The molecule has 8 nitrogen and oxygen atoms in total. The monoisotopic (exact) mass is 876 g/mol. The SMILES string of the molecule is COC(=O)c1ccc(-c2c3nc(c(-c4c(C)cc(C)cc4C)c4ccc([n-]4)c(-c4ccc(C(=O)OC)cc4)c4nc(c(-c5c(C)cc(C)cc5C)c5ccc2[n-]5)C=C4)C=C3)cc1.[Zn+2]. The van der Waals surface area contributed by atoms with Crippen LogP contribution >= 0.6 is 0 Å². The van der Waals surface area contributed by atoms with Crippen molar-refractivity contribution in [3.8, 4) is 44.5 Å². The molecule has 0 saturated carbocycles. The quantitative estimate of drug-likeness (QED) is 0.120. The summed E-state index contributed by atoms with van der Waals surface area (Å²) in [5, 5.41) is 0. The predicted molar refractivity (Wildman–Crippen MR) is 250 cm³/mol. The Labute approximate surface area is 379 Å². The third-order valence-electron chi connectivity index (χ3n) is 11.7. The first-order valence-corrected chi connectivity index (χ1v) is 20.5. The smallest absolute Gasteiger partial charge is 0.657 e. The van der Waals surface area contributed by atoms with E-state index >= 15 is 0 Å². The molecule has 0 radical (unpaired) electrons. The fourth-order valence-corrected chi connectivity index (χ4v) is 9.12. The number of rotatable bonds is 6. The van der Waals surface area contributed by atoms with Crippen LogP contribution in [0, 0.1) is 41.5 Å². The van der Waals surface area contributed by atoms with E-state index in [2.05, 4.69) is 90.1 Å². The van der Waals surface area contributed by atoms with Crippen LogP contribution in [0.3, 0.4) is 0 Å². The van der Waals surface area contributed by atoms with E-state index in [1.807, 2.05) is 48.6 Å². The van der Waals surface area contributed by atoms with E-state index in [0.29, 0.717) is 11.1 Å². The summed E-state index contributed by atoms with van der Waals surface area (Å²) in [6, 6.07) is 31.7. The van der Waals surface area contributed by atoms with E-state index in [9.17, 15) is 9.59 Å². The normalized spacial score (nSPS) is 11.7. The summed E-state index contributed by atoms with van der Waals surface area (Å²) >= 11 is 0.